The second-order valence-corrected chi connectivity index (χ2v) is 6.14. The van der Waals surface area contributed by atoms with Gasteiger partial charge in [0.1, 0.15) is 11.6 Å². The summed E-state index contributed by atoms with van der Waals surface area (Å²) in [5, 5.41) is 3.37. The van der Waals surface area contributed by atoms with Crippen LogP contribution in [0.25, 0.3) is 0 Å². The molecule has 118 valence electrons. The van der Waals surface area contributed by atoms with Crippen molar-refractivity contribution >= 4 is 0 Å². The van der Waals surface area contributed by atoms with Crippen LogP contribution in [0.2, 0.25) is 0 Å². The fourth-order valence-electron chi connectivity index (χ4n) is 3.46. The largest absolute Gasteiger partial charge is 0.375 e. The van der Waals surface area contributed by atoms with E-state index >= 15 is 0 Å². The smallest absolute Gasteiger partial charge is 0.130 e. The second kappa shape index (κ2) is 6.41. The first-order valence-corrected chi connectivity index (χ1v) is 7.71. The van der Waals surface area contributed by atoms with Crippen molar-refractivity contribution in [2.24, 2.45) is 11.8 Å². The van der Waals surface area contributed by atoms with E-state index in [-0.39, 0.29) is 24.2 Å². The Hall–Kier alpha value is -1.00. The predicted molar refractivity (Wildman–Crippen MR) is 80.2 cm³/mol. The molecule has 1 saturated heterocycles. The molecule has 0 bridgehead atoms. The van der Waals surface area contributed by atoms with E-state index in [9.17, 15) is 8.78 Å². The summed E-state index contributed by atoms with van der Waals surface area (Å²) in [5.41, 5.74) is 1.01. The van der Waals surface area contributed by atoms with Crippen molar-refractivity contribution in [3.8, 4) is 0 Å². The van der Waals surface area contributed by atoms with Crippen LogP contribution in [0.5, 0.6) is 0 Å². The quantitative estimate of drug-likeness (QED) is 0.907. The highest BCUT2D eigenvalue weighted by Gasteiger charge is 2.42. The molecule has 4 heteroatoms. The van der Waals surface area contributed by atoms with Gasteiger partial charge in [0.15, 0.2) is 0 Å². The zero-order valence-corrected chi connectivity index (χ0v) is 13.4. The zero-order valence-electron chi connectivity index (χ0n) is 13.4. The van der Waals surface area contributed by atoms with Crippen molar-refractivity contribution in [1.82, 2.24) is 5.32 Å². The highest BCUT2D eigenvalue weighted by molar-refractivity contribution is 5.29. The van der Waals surface area contributed by atoms with Crippen molar-refractivity contribution in [3.05, 3.63) is 34.9 Å². The highest BCUT2D eigenvalue weighted by atomic mass is 19.1. The summed E-state index contributed by atoms with van der Waals surface area (Å²) >= 11 is 0. The summed E-state index contributed by atoms with van der Waals surface area (Å²) in [6.07, 6.45) is 0.194. The lowest BCUT2D eigenvalue weighted by Crippen LogP contribution is -2.35. The fourth-order valence-corrected chi connectivity index (χ4v) is 3.46. The van der Waals surface area contributed by atoms with Gasteiger partial charge in [-0.2, -0.15) is 0 Å². The minimum Gasteiger partial charge on any atom is -0.375 e. The molecule has 5 atom stereocenters. The van der Waals surface area contributed by atoms with E-state index < -0.39 is 11.6 Å². The van der Waals surface area contributed by atoms with E-state index in [0.717, 1.165) is 12.6 Å². The van der Waals surface area contributed by atoms with Crippen molar-refractivity contribution in [1.29, 1.82) is 0 Å². The topological polar surface area (TPSA) is 21.3 Å². The minimum absolute atomic E-state index is 0.0452. The molecule has 0 amide bonds. The van der Waals surface area contributed by atoms with Crippen LogP contribution < -0.4 is 5.32 Å². The highest BCUT2D eigenvalue weighted by Crippen LogP contribution is 2.41. The van der Waals surface area contributed by atoms with Gasteiger partial charge in [0, 0.05) is 23.6 Å². The van der Waals surface area contributed by atoms with Gasteiger partial charge in [0.05, 0.1) is 12.2 Å². The number of halogens is 2. The maximum atomic E-state index is 14.3. The lowest BCUT2D eigenvalue weighted by molar-refractivity contribution is 0.0474. The molecule has 0 radical (unpaired) electrons. The number of benzene rings is 1. The van der Waals surface area contributed by atoms with E-state index in [1.54, 1.807) is 13.0 Å². The van der Waals surface area contributed by atoms with Gasteiger partial charge in [0.25, 0.3) is 0 Å². The molecule has 1 aromatic rings. The molecule has 2 rings (SSSR count). The van der Waals surface area contributed by atoms with E-state index in [2.05, 4.69) is 19.2 Å². The second-order valence-electron chi connectivity index (χ2n) is 6.14. The molecule has 1 aliphatic heterocycles. The van der Waals surface area contributed by atoms with Gasteiger partial charge in [0.2, 0.25) is 0 Å². The Bertz CT molecular complexity index is 506. The van der Waals surface area contributed by atoms with E-state index in [1.165, 1.54) is 0 Å². The van der Waals surface area contributed by atoms with Gasteiger partial charge in [-0.3, -0.25) is 0 Å². The third-order valence-electron chi connectivity index (χ3n) is 4.74. The van der Waals surface area contributed by atoms with Gasteiger partial charge in [-0.25, -0.2) is 8.78 Å². The van der Waals surface area contributed by atoms with Gasteiger partial charge in [-0.15, -0.1) is 0 Å². The molecule has 0 saturated carbocycles. The van der Waals surface area contributed by atoms with Gasteiger partial charge in [-0.05, 0) is 44.9 Å². The van der Waals surface area contributed by atoms with Crippen molar-refractivity contribution in [2.75, 3.05) is 6.54 Å². The third-order valence-corrected chi connectivity index (χ3v) is 4.74. The Morgan fingerprint density at radius 2 is 1.81 bits per heavy atom. The van der Waals surface area contributed by atoms with E-state index in [1.807, 2.05) is 13.8 Å². The summed E-state index contributed by atoms with van der Waals surface area (Å²) in [6, 6.07) is 2.45. The first kappa shape index (κ1) is 16.4. The number of rotatable bonds is 4. The van der Waals surface area contributed by atoms with Crippen LogP contribution >= 0.6 is 0 Å². The van der Waals surface area contributed by atoms with E-state index in [0.29, 0.717) is 17.0 Å². The van der Waals surface area contributed by atoms with Crippen LogP contribution in [0.3, 0.4) is 0 Å². The third kappa shape index (κ3) is 3.11. The monoisotopic (exact) mass is 297 g/mol. The average Bonchev–Trinajstić information content (AvgIpc) is 2.66. The normalized spacial score (nSPS) is 30.6. The van der Waals surface area contributed by atoms with Crippen LogP contribution in [-0.4, -0.2) is 18.8 Å². The van der Waals surface area contributed by atoms with Crippen LogP contribution in [0.1, 0.15) is 44.9 Å². The summed E-state index contributed by atoms with van der Waals surface area (Å²) < 4.78 is 33.7. The Morgan fingerprint density at radius 3 is 2.33 bits per heavy atom. The molecular weight excluding hydrogens is 272 g/mol. The van der Waals surface area contributed by atoms with E-state index in [4.69, 9.17) is 4.74 Å². The van der Waals surface area contributed by atoms with Gasteiger partial charge in [-0.1, -0.05) is 13.8 Å². The molecular formula is C17H25F2NO. The molecule has 0 spiro atoms. The number of aryl methyl sites for hydroxylation is 1. The van der Waals surface area contributed by atoms with Crippen molar-refractivity contribution in [2.45, 2.75) is 52.9 Å². The fraction of sp³-hybridized carbons (Fsp3) is 0.647. The van der Waals surface area contributed by atoms with Crippen molar-refractivity contribution < 1.29 is 13.5 Å². The molecule has 1 fully saturated rings. The minimum atomic E-state index is -0.497. The average molecular weight is 297 g/mol. The molecule has 5 unspecified atom stereocenters. The zero-order chi connectivity index (χ0) is 15.7. The molecule has 2 nitrogen and oxygen atoms in total. The predicted octanol–water partition coefficient (Wildman–Crippen LogP) is 3.98. The number of ether oxygens (including phenoxy) is 1. The molecule has 0 aromatic heterocycles. The molecule has 0 aliphatic carbocycles. The molecule has 1 heterocycles. The lowest BCUT2D eigenvalue weighted by atomic mass is 9.80. The molecule has 1 aliphatic rings. The standard InChI is InChI=1S/C17H25F2NO/c1-6-20-17(16-10(3)11(4)21-12(16)5)13-7-9(2)14(18)8-15(13)19/h7-8,10-12,16-17,20H,6H2,1-5H3. The van der Waals surface area contributed by atoms with Crippen molar-refractivity contribution in [3.63, 3.8) is 0 Å². The van der Waals surface area contributed by atoms with Gasteiger partial charge >= 0.3 is 0 Å². The number of hydrogen-bond acceptors (Lipinski definition) is 2. The van der Waals surface area contributed by atoms with Crippen LogP contribution in [0.4, 0.5) is 8.78 Å². The summed E-state index contributed by atoms with van der Waals surface area (Å²) in [6.45, 7) is 10.6. The van der Waals surface area contributed by atoms with Gasteiger partial charge < -0.3 is 10.1 Å². The lowest BCUT2D eigenvalue weighted by Gasteiger charge is -2.30. The first-order chi connectivity index (χ1) is 9.86. The maximum Gasteiger partial charge on any atom is 0.130 e. The Kier molecular flexibility index (Phi) is 4.99. The SMILES string of the molecule is CCNC(c1cc(C)c(F)cc1F)C1C(C)OC(C)C1C. The number of hydrogen-bond donors (Lipinski definition) is 1. The molecule has 1 aromatic carbocycles. The van der Waals surface area contributed by atoms with Crippen LogP contribution in [0, 0.1) is 30.4 Å². The summed E-state index contributed by atoms with van der Waals surface area (Å²) in [7, 11) is 0. The number of nitrogens with one attached hydrogen (secondary N) is 1. The molecule has 21 heavy (non-hydrogen) atoms. The first-order valence-electron chi connectivity index (χ1n) is 7.71. The maximum absolute atomic E-state index is 14.3. The Labute approximate surface area is 125 Å². The summed E-state index contributed by atoms with van der Waals surface area (Å²) in [5.74, 6) is -0.500. The van der Waals surface area contributed by atoms with Crippen LogP contribution in [0.15, 0.2) is 12.1 Å². The Morgan fingerprint density at radius 1 is 1.14 bits per heavy atom. The molecule has 1 N–H and O–H groups in total. The van der Waals surface area contributed by atoms with Crippen LogP contribution in [-0.2, 0) is 4.74 Å². The Balaban J connectivity index is 2.42. The summed E-state index contributed by atoms with van der Waals surface area (Å²) in [4.78, 5) is 0.